The van der Waals surface area contributed by atoms with Crippen molar-refractivity contribution in [2.75, 3.05) is 20.7 Å². The maximum absolute atomic E-state index is 6.36. The monoisotopic (exact) mass is 528 g/mol. The number of aliphatic imine (C=N–C) groups is 1. The summed E-state index contributed by atoms with van der Waals surface area (Å²) in [6, 6.07) is 8.05. The normalized spacial score (nSPS) is 25.1. The van der Waals surface area contributed by atoms with Crippen LogP contribution in [0.3, 0.4) is 0 Å². The van der Waals surface area contributed by atoms with E-state index >= 15 is 0 Å². The van der Waals surface area contributed by atoms with Crippen molar-refractivity contribution < 1.29 is 9.47 Å². The third kappa shape index (κ3) is 5.72. The van der Waals surface area contributed by atoms with Crippen molar-refractivity contribution in [3.63, 3.8) is 0 Å². The SMILES string of the molecule is CN=C(NCc1cccc(OC)c1OC1CCCC1)NC1CC(C)N(C2CC2)C1.I. The van der Waals surface area contributed by atoms with Crippen LogP contribution in [0.4, 0.5) is 0 Å². The summed E-state index contributed by atoms with van der Waals surface area (Å²) in [7, 11) is 3.55. The number of rotatable bonds is 7. The number of likely N-dealkylation sites (tertiary alicyclic amines) is 1. The Morgan fingerprint density at radius 1 is 1.20 bits per heavy atom. The number of methoxy groups -OCH3 is 1. The molecule has 3 fully saturated rings. The third-order valence-corrected chi connectivity index (χ3v) is 6.52. The van der Waals surface area contributed by atoms with Crippen LogP contribution in [-0.4, -0.2) is 55.8 Å². The molecule has 2 unspecified atom stereocenters. The van der Waals surface area contributed by atoms with Gasteiger partial charge in [-0.1, -0.05) is 12.1 Å². The molecule has 1 saturated heterocycles. The fraction of sp³-hybridized carbons (Fsp3) is 0.696. The molecule has 0 radical (unpaired) electrons. The molecule has 168 valence electrons. The van der Waals surface area contributed by atoms with Crippen molar-refractivity contribution in [2.45, 2.75) is 82.6 Å². The first-order valence-corrected chi connectivity index (χ1v) is 11.2. The number of para-hydroxylation sites is 1. The number of benzene rings is 1. The molecule has 0 spiro atoms. The van der Waals surface area contributed by atoms with Crippen molar-refractivity contribution in [3.05, 3.63) is 23.8 Å². The molecular weight excluding hydrogens is 491 g/mol. The molecule has 2 saturated carbocycles. The van der Waals surface area contributed by atoms with Gasteiger partial charge in [0.25, 0.3) is 0 Å². The van der Waals surface area contributed by atoms with Crippen LogP contribution < -0.4 is 20.1 Å². The first-order valence-electron chi connectivity index (χ1n) is 11.2. The van der Waals surface area contributed by atoms with E-state index in [1.54, 1.807) is 7.11 Å². The number of nitrogens with one attached hydrogen (secondary N) is 2. The van der Waals surface area contributed by atoms with Crippen molar-refractivity contribution in [1.29, 1.82) is 0 Å². The zero-order valence-electron chi connectivity index (χ0n) is 18.5. The Kier molecular flexibility index (Phi) is 8.51. The molecule has 1 aliphatic heterocycles. The van der Waals surface area contributed by atoms with Gasteiger partial charge in [0.2, 0.25) is 0 Å². The molecule has 0 aromatic heterocycles. The highest BCUT2D eigenvalue weighted by Gasteiger charge is 2.38. The van der Waals surface area contributed by atoms with Crippen LogP contribution in [-0.2, 0) is 6.54 Å². The van der Waals surface area contributed by atoms with Gasteiger partial charge in [0, 0.05) is 43.8 Å². The maximum atomic E-state index is 6.36. The van der Waals surface area contributed by atoms with Crippen molar-refractivity contribution in [1.82, 2.24) is 15.5 Å². The van der Waals surface area contributed by atoms with Gasteiger partial charge < -0.3 is 20.1 Å². The Labute approximate surface area is 198 Å². The Bertz CT molecular complexity index is 719. The Hall–Kier alpha value is -1.22. The van der Waals surface area contributed by atoms with E-state index in [-0.39, 0.29) is 24.0 Å². The molecular formula is C23H37IN4O2. The van der Waals surface area contributed by atoms with E-state index in [0.29, 0.717) is 24.7 Å². The summed E-state index contributed by atoms with van der Waals surface area (Å²) in [4.78, 5) is 7.11. The van der Waals surface area contributed by atoms with Gasteiger partial charge in [0.15, 0.2) is 17.5 Å². The van der Waals surface area contributed by atoms with E-state index in [9.17, 15) is 0 Å². The fourth-order valence-corrected chi connectivity index (χ4v) is 4.81. The minimum atomic E-state index is 0. The van der Waals surface area contributed by atoms with E-state index in [1.807, 2.05) is 19.2 Å². The summed E-state index contributed by atoms with van der Waals surface area (Å²) in [5.74, 6) is 2.54. The second kappa shape index (κ2) is 10.9. The van der Waals surface area contributed by atoms with Crippen LogP contribution in [0.2, 0.25) is 0 Å². The van der Waals surface area contributed by atoms with E-state index in [2.05, 4.69) is 33.5 Å². The van der Waals surface area contributed by atoms with Crippen molar-refractivity contribution in [2.24, 2.45) is 4.99 Å². The highest BCUT2D eigenvalue weighted by molar-refractivity contribution is 14.0. The molecule has 7 heteroatoms. The summed E-state index contributed by atoms with van der Waals surface area (Å²) < 4.78 is 11.9. The first-order chi connectivity index (χ1) is 14.2. The lowest BCUT2D eigenvalue weighted by molar-refractivity contribution is 0.198. The summed E-state index contributed by atoms with van der Waals surface area (Å²) in [5.41, 5.74) is 1.11. The van der Waals surface area contributed by atoms with E-state index in [0.717, 1.165) is 48.5 Å². The third-order valence-electron chi connectivity index (χ3n) is 6.52. The molecule has 4 rings (SSSR count). The number of guanidine groups is 1. The number of nitrogens with zero attached hydrogens (tertiary/aromatic N) is 2. The molecule has 2 N–H and O–H groups in total. The lowest BCUT2D eigenvalue weighted by Crippen LogP contribution is -2.44. The largest absolute Gasteiger partial charge is 0.493 e. The average Bonchev–Trinajstić information content (AvgIpc) is 3.32. The van der Waals surface area contributed by atoms with Crippen LogP contribution in [0.15, 0.2) is 23.2 Å². The second-order valence-electron chi connectivity index (χ2n) is 8.75. The van der Waals surface area contributed by atoms with Crippen molar-refractivity contribution >= 4 is 29.9 Å². The second-order valence-corrected chi connectivity index (χ2v) is 8.75. The zero-order valence-corrected chi connectivity index (χ0v) is 20.9. The lowest BCUT2D eigenvalue weighted by atomic mass is 10.1. The van der Waals surface area contributed by atoms with Gasteiger partial charge in [0.1, 0.15) is 0 Å². The van der Waals surface area contributed by atoms with Crippen LogP contribution >= 0.6 is 24.0 Å². The molecule has 2 aliphatic carbocycles. The molecule has 2 atom stereocenters. The van der Waals surface area contributed by atoms with Crippen LogP contribution in [0.1, 0.15) is 57.4 Å². The van der Waals surface area contributed by atoms with Gasteiger partial charge in [0.05, 0.1) is 13.2 Å². The van der Waals surface area contributed by atoms with Crippen LogP contribution in [0.5, 0.6) is 11.5 Å². The van der Waals surface area contributed by atoms with Crippen molar-refractivity contribution in [3.8, 4) is 11.5 Å². The van der Waals surface area contributed by atoms with Gasteiger partial charge in [-0.3, -0.25) is 9.89 Å². The molecule has 0 bridgehead atoms. The summed E-state index contributed by atoms with van der Waals surface area (Å²) in [6.45, 7) is 4.12. The molecule has 6 nitrogen and oxygen atoms in total. The molecule has 30 heavy (non-hydrogen) atoms. The minimum absolute atomic E-state index is 0. The maximum Gasteiger partial charge on any atom is 0.191 e. The number of hydrogen-bond acceptors (Lipinski definition) is 4. The smallest absolute Gasteiger partial charge is 0.191 e. The standard InChI is InChI=1S/C23H36N4O2.HI/c1-16-13-18(15-27(16)19-11-12-19)26-23(24-2)25-14-17-7-6-10-21(28-3)22(17)29-20-8-4-5-9-20;/h6-7,10,16,18-20H,4-5,8-9,11-15H2,1-3H3,(H2,24,25,26);1H. The van der Waals surface area contributed by atoms with Gasteiger partial charge in [-0.25, -0.2) is 0 Å². The van der Waals surface area contributed by atoms with Crippen LogP contribution in [0, 0.1) is 0 Å². The lowest BCUT2D eigenvalue weighted by Gasteiger charge is -2.21. The molecule has 0 amide bonds. The van der Waals surface area contributed by atoms with Gasteiger partial charge >= 0.3 is 0 Å². The minimum Gasteiger partial charge on any atom is -0.493 e. The van der Waals surface area contributed by atoms with Gasteiger partial charge in [-0.2, -0.15) is 0 Å². The van der Waals surface area contributed by atoms with E-state index < -0.39 is 0 Å². The number of halogens is 1. The van der Waals surface area contributed by atoms with Crippen LogP contribution in [0.25, 0.3) is 0 Å². The van der Waals surface area contributed by atoms with Gasteiger partial charge in [-0.05, 0) is 57.9 Å². The topological polar surface area (TPSA) is 58.1 Å². The molecule has 1 aromatic carbocycles. The highest BCUT2D eigenvalue weighted by atomic mass is 127. The first kappa shape index (κ1) is 23.4. The highest BCUT2D eigenvalue weighted by Crippen LogP contribution is 2.35. The summed E-state index contributed by atoms with van der Waals surface area (Å²) in [6.07, 6.45) is 8.97. The Morgan fingerprint density at radius 3 is 2.63 bits per heavy atom. The number of ether oxygens (including phenoxy) is 2. The summed E-state index contributed by atoms with van der Waals surface area (Å²) in [5, 5.41) is 7.11. The Balaban J connectivity index is 0.00000256. The van der Waals surface area contributed by atoms with E-state index in [1.165, 1.54) is 32.1 Å². The summed E-state index contributed by atoms with van der Waals surface area (Å²) >= 11 is 0. The quantitative estimate of drug-likeness (QED) is 0.319. The fourth-order valence-electron chi connectivity index (χ4n) is 4.81. The van der Waals surface area contributed by atoms with E-state index in [4.69, 9.17) is 9.47 Å². The molecule has 3 aliphatic rings. The predicted molar refractivity (Wildman–Crippen MR) is 132 cm³/mol. The zero-order chi connectivity index (χ0) is 20.2. The average molecular weight is 528 g/mol. The van der Waals surface area contributed by atoms with Gasteiger partial charge in [-0.15, -0.1) is 24.0 Å². The molecule has 1 heterocycles. The number of hydrogen-bond donors (Lipinski definition) is 2. The molecule has 1 aromatic rings. The Morgan fingerprint density at radius 2 is 1.97 bits per heavy atom. The predicted octanol–water partition coefficient (Wildman–Crippen LogP) is 3.92.